The molecule has 0 spiro atoms. The summed E-state index contributed by atoms with van der Waals surface area (Å²) < 4.78 is 0. The molecule has 30 heavy (non-hydrogen) atoms. The lowest BCUT2D eigenvalue weighted by molar-refractivity contribution is -0.145. The smallest absolute Gasteiger partial charge is 0.328 e. The predicted molar refractivity (Wildman–Crippen MR) is 107 cm³/mol. The Morgan fingerprint density at radius 2 is 1.83 bits per heavy atom. The van der Waals surface area contributed by atoms with Gasteiger partial charge < -0.3 is 36.9 Å². The number of para-hydroxylation sites is 1. The number of amides is 3. The molecule has 0 aliphatic carbocycles. The molecular formula is C19H25N5O6. The maximum absolute atomic E-state index is 12.7. The van der Waals surface area contributed by atoms with Crippen LogP contribution in [0.2, 0.25) is 0 Å². The van der Waals surface area contributed by atoms with Gasteiger partial charge in [-0.1, -0.05) is 18.2 Å². The van der Waals surface area contributed by atoms with Crippen molar-refractivity contribution in [1.82, 2.24) is 20.9 Å². The Morgan fingerprint density at radius 3 is 2.47 bits per heavy atom. The van der Waals surface area contributed by atoms with Crippen LogP contribution in [0.3, 0.4) is 0 Å². The van der Waals surface area contributed by atoms with Crippen molar-refractivity contribution >= 4 is 34.6 Å². The molecule has 11 nitrogen and oxygen atoms in total. The Labute approximate surface area is 172 Å². The van der Waals surface area contributed by atoms with E-state index in [1.54, 1.807) is 6.20 Å². The summed E-state index contributed by atoms with van der Waals surface area (Å²) in [6.07, 6.45) is 0.398. The van der Waals surface area contributed by atoms with E-state index in [4.69, 9.17) is 5.73 Å². The third-order valence-electron chi connectivity index (χ3n) is 4.43. The van der Waals surface area contributed by atoms with Crippen molar-refractivity contribution in [1.29, 1.82) is 0 Å². The van der Waals surface area contributed by atoms with Crippen LogP contribution in [0.4, 0.5) is 0 Å². The van der Waals surface area contributed by atoms with Crippen molar-refractivity contribution in [3.63, 3.8) is 0 Å². The number of aliphatic hydroxyl groups is 1. The topological polar surface area (TPSA) is 187 Å². The second-order valence-electron chi connectivity index (χ2n) is 6.73. The summed E-state index contributed by atoms with van der Waals surface area (Å²) in [7, 11) is 0. The Kier molecular flexibility index (Phi) is 7.90. The minimum absolute atomic E-state index is 0.0541. The zero-order valence-electron chi connectivity index (χ0n) is 16.3. The Morgan fingerprint density at radius 1 is 1.13 bits per heavy atom. The fourth-order valence-electron chi connectivity index (χ4n) is 2.87. The van der Waals surface area contributed by atoms with E-state index in [9.17, 15) is 29.4 Å². The molecule has 0 fully saturated rings. The number of carbonyl (C=O) groups is 4. The highest BCUT2D eigenvalue weighted by molar-refractivity contribution is 5.93. The molecule has 0 saturated carbocycles. The van der Waals surface area contributed by atoms with Crippen molar-refractivity contribution < 1.29 is 29.4 Å². The number of carbonyl (C=O) groups excluding carboxylic acids is 3. The van der Waals surface area contributed by atoms with Crippen LogP contribution >= 0.6 is 0 Å². The van der Waals surface area contributed by atoms with Gasteiger partial charge in [-0.3, -0.25) is 14.4 Å². The number of aliphatic carboxylic acids is 1. The first-order valence-electron chi connectivity index (χ1n) is 9.25. The van der Waals surface area contributed by atoms with Gasteiger partial charge in [-0.05, 0) is 18.6 Å². The molecule has 2 aromatic rings. The van der Waals surface area contributed by atoms with Crippen molar-refractivity contribution in [3.8, 4) is 0 Å². The minimum atomic E-state index is -1.54. The molecular weight excluding hydrogens is 394 g/mol. The number of nitrogens with two attached hydrogens (primary N) is 1. The van der Waals surface area contributed by atoms with Crippen LogP contribution in [0.5, 0.6) is 0 Å². The molecule has 3 amide bonds. The normalized spacial score (nSPS) is 13.8. The Bertz CT molecular complexity index is 925. The molecule has 162 valence electrons. The van der Waals surface area contributed by atoms with Crippen LogP contribution in [0.25, 0.3) is 10.9 Å². The molecule has 1 aromatic heterocycles. The summed E-state index contributed by atoms with van der Waals surface area (Å²) >= 11 is 0. The van der Waals surface area contributed by atoms with Crippen molar-refractivity contribution in [2.75, 3.05) is 13.1 Å². The number of aromatic nitrogens is 1. The van der Waals surface area contributed by atoms with E-state index in [2.05, 4.69) is 20.9 Å². The second-order valence-corrected chi connectivity index (χ2v) is 6.73. The summed E-state index contributed by atoms with van der Waals surface area (Å²) in [4.78, 5) is 50.5. The zero-order chi connectivity index (χ0) is 22.3. The van der Waals surface area contributed by atoms with Crippen molar-refractivity contribution in [2.45, 2.75) is 31.5 Å². The third-order valence-corrected chi connectivity index (χ3v) is 4.43. The van der Waals surface area contributed by atoms with Gasteiger partial charge in [0.1, 0.15) is 6.04 Å². The monoisotopic (exact) mass is 419 g/mol. The Hall–Kier alpha value is -3.44. The maximum atomic E-state index is 12.7. The van der Waals surface area contributed by atoms with Crippen molar-refractivity contribution in [2.24, 2.45) is 5.73 Å². The van der Waals surface area contributed by atoms with Gasteiger partial charge in [-0.15, -0.1) is 0 Å². The number of rotatable bonds is 10. The average molecular weight is 419 g/mol. The van der Waals surface area contributed by atoms with Crippen LogP contribution in [0, 0.1) is 0 Å². The van der Waals surface area contributed by atoms with E-state index >= 15 is 0 Å². The molecule has 1 heterocycles. The SMILES string of the molecule is CC(O)C(NC(=O)C(Cc1c[nH]c2ccccc12)NC(=O)CNC(=O)CN)C(=O)O. The number of hydrogen-bond acceptors (Lipinski definition) is 6. The lowest BCUT2D eigenvalue weighted by Gasteiger charge is -2.23. The minimum Gasteiger partial charge on any atom is -0.480 e. The van der Waals surface area contributed by atoms with E-state index < -0.39 is 48.4 Å². The maximum Gasteiger partial charge on any atom is 0.328 e. The summed E-state index contributed by atoms with van der Waals surface area (Å²) in [5.74, 6) is -3.39. The van der Waals surface area contributed by atoms with Gasteiger partial charge >= 0.3 is 5.97 Å². The molecule has 8 N–H and O–H groups in total. The predicted octanol–water partition coefficient (Wildman–Crippen LogP) is -1.78. The van der Waals surface area contributed by atoms with Crippen molar-refractivity contribution in [3.05, 3.63) is 36.0 Å². The highest BCUT2D eigenvalue weighted by Gasteiger charge is 2.30. The fraction of sp³-hybridized carbons (Fsp3) is 0.368. The van der Waals surface area contributed by atoms with Gasteiger partial charge in [0.05, 0.1) is 19.2 Å². The van der Waals surface area contributed by atoms with Gasteiger partial charge in [0.15, 0.2) is 6.04 Å². The van der Waals surface area contributed by atoms with Gasteiger partial charge in [0, 0.05) is 23.5 Å². The van der Waals surface area contributed by atoms with Crippen LogP contribution in [0.15, 0.2) is 30.5 Å². The highest BCUT2D eigenvalue weighted by Crippen LogP contribution is 2.19. The van der Waals surface area contributed by atoms with E-state index in [-0.39, 0.29) is 13.0 Å². The van der Waals surface area contributed by atoms with E-state index in [0.717, 1.165) is 16.5 Å². The lowest BCUT2D eigenvalue weighted by Crippen LogP contribution is -2.56. The number of hydrogen-bond donors (Lipinski definition) is 7. The number of aliphatic hydroxyl groups excluding tert-OH is 1. The standard InChI is InChI=1S/C19H25N5O6/c1-10(25)17(19(29)30)24-18(28)14(23-16(27)9-22-15(26)7-20)6-11-8-21-13-5-3-2-4-12(11)13/h2-5,8,10,14,17,21,25H,6-7,9,20H2,1H3,(H,22,26)(H,23,27)(H,24,28)(H,29,30). The first-order valence-corrected chi connectivity index (χ1v) is 9.25. The summed E-state index contributed by atoms with van der Waals surface area (Å²) in [6.45, 7) is 0.544. The highest BCUT2D eigenvalue weighted by atomic mass is 16.4. The summed E-state index contributed by atoms with van der Waals surface area (Å²) in [6, 6.07) is 4.67. The first kappa shape index (κ1) is 22.8. The quantitative estimate of drug-likeness (QED) is 0.237. The third kappa shape index (κ3) is 6.03. The number of nitrogens with one attached hydrogen (secondary N) is 4. The first-order chi connectivity index (χ1) is 14.2. The Balaban J connectivity index is 2.20. The largest absolute Gasteiger partial charge is 0.480 e. The molecule has 0 radical (unpaired) electrons. The molecule has 1 aromatic carbocycles. The number of aromatic amines is 1. The molecule has 11 heteroatoms. The molecule has 0 aliphatic rings. The number of benzene rings is 1. The molecule has 0 saturated heterocycles. The summed E-state index contributed by atoms with van der Waals surface area (Å²) in [5.41, 5.74) is 6.73. The number of H-pyrrole nitrogens is 1. The van der Waals surface area contributed by atoms with Crippen LogP contribution in [-0.4, -0.2) is 70.2 Å². The molecule has 0 aliphatic heterocycles. The fourth-order valence-corrected chi connectivity index (χ4v) is 2.87. The number of fused-ring (bicyclic) bond motifs is 1. The van der Waals surface area contributed by atoms with E-state index in [1.165, 1.54) is 6.92 Å². The van der Waals surface area contributed by atoms with E-state index in [1.807, 2.05) is 24.3 Å². The molecule has 3 atom stereocenters. The van der Waals surface area contributed by atoms with Crippen LogP contribution < -0.4 is 21.7 Å². The number of carboxylic acids is 1. The summed E-state index contributed by atoms with van der Waals surface area (Å²) in [5, 5.41) is 26.7. The van der Waals surface area contributed by atoms with E-state index in [0.29, 0.717) is 0 Å². The molecule has 0 bridgehead atoms. The average Bonchev–Trinajstić information content (AvgIpc) is 3.11. The molecule has 3 unspecified atom stereocenters. The zero-order valence-corrected chi connectivity index (χ0v) is 16.3. The van der Waals surface area contributed by atoms with Gasteiger partial charge in [-0.2, -0.15) is 0 Å². The van der Waals surface area contributed by atoms with Gasteiger partial charge in [0.2, 0.25) is 17.7 Å². The number of carboxylic acid groups (broad SMARTS) is 1. The molecule has 2 rings (SSSR count). The van der Waals surface area contributed by atoms with Crippen LogP contribution in [0.1, 0.15) is 12.5 Å². The lowest BCUT2D eigenvalue weighted by atomic mass is 10.0. The van der Waals surface area contributed by atoms with Crippen LogP contribution in [-0.2, 0) is 25.6 Å². The second kappa shape index (κ2) is 10.4. The van der Waals surface area contributed by atoms with Gasteiger partial charge in [-0.25, -0.2) is 4.79 Å². The van der Waals surface area contributed by atoms with Gasteiger partial charge in [0.25, 0.3) is 0 Å².